The Bertz CT molecular complexity index is 1570. The lowest BCUT2D eigenvalue weighted by Crippen LogP contribution is -2.21. The number of nitrogens with zero attached hydrogens (tertiary/aromatic N) is 2. The first-order chi connectivity index (χ1) is 18.9. The van der Waals surface area contributed by atoms with Crippen LogP contribution in [0, 0.1) is 17.1 Å². The van der Waals surface area contributed by atoms with Crippen LogP contribution in [0.25, 0.3) is 11.3 Å². The molecule has 1 aliphatic heterocycles. The molecule has 0 aliphatic carbocycles. The van der Waals surface area contributed by atoms with Crippen LogP contribution in [0.1, 0.15) is 29.5 Å². The Labute approximate surface area is 229 Å². The molecule has 0 spiro atoms. The second kappa shape index (κ2) is 11.0. The van der Waals surface area contributed by atoms with Crippen LogP contribution in [-0.4, -0.2) is 23.9 Å². The van der Waals surface area contributed by atoms with Crippen molar-refractivity contribution in [3.05, 3.63) is 99.7 Å². The SMILES string of the molecule is CCOc1ccc(-c2[nH]nc3c2[C@@H](c2ccc(OCc4c(F)cccc4Cl)cc2)C(C#N)=C(N)O3)cc1OC. The average Bonchev–Trinajstić information content (AvgIpc) is 3.36. The Morgan fingerprint density at radius 3 is 2.62 bits per heavy atom. The summed E-state index contributed by atoms with van der Waals surface area (Å²) in [5, 5.41) is 17.6. The van der Waals surface area contributed by atoms with Gasteiger partial charge >= 0.3 is 0 Å². The molecule has 8 nitrogen and oxygen atoms in total. The van der Waals surface area contributed by atoms with Gasteiger partial charge in [0, 0.05) is 11.1 Å². The van der Waals surface area contributed by atoms with Crippen LogP contribution >= 0.6 is 11.6 Å². The number of hydrogen-bond donors (Lipinski definition) is 2. The normalized spacial score (nSPS) is 14.3. The molecule has 0 radical (unpaired) electrons. The zero-order chi connectivity index (χ0) is 27.5. The molecular weight excluding hydrogens is 523 g/mol. The van der Waals surface area contributed by atoms with E-state index in [9.17, 15) is 9.65 Å². The Balaban J connectivity index is 1.50. The highest BCUT2D eigenvalue weighted by Crippen LogP contribution is 2.46. The number of benzene rings is 3. The summed E-state index contributed by atoms with van der Waals surface area (Å²) in [7, 11) is 1.57. The molecule has 1 atom stereocenters. The number of ether oxygens (including phenoxy) is 4. The van der Waals surface area contributed by atoms with Crippen molar-refractivity contribution in [3.63, 3.8) is 0 Å². The average molecular weight is 547 g/mol. The predicted octanol–water partition coefficient (Wildman–Crippen LogP) is 6.07. The topological polar surface area (TPSA) is 115 Å². The maximum atomic E-state index is 14.1. The van der Waals surface area contributed by atoms with E-state index < -0.39 is 11.7 Å². The van der Waals surface area contributed by atoms with Crippen molar-refractivity contribution in [2.45, 2.75) is 19.4 Å². The van der Waals surface area contributed by atoms with Crippen LogP contribution in [0.5, 0.6) is 23.1 Å². The first-order valence-corrected chi connectivity index (χ1v) is 12.5. The Hall–Kier alpha value is -4.68. The standard InChI is InChI=1S/C29H24ClFN4O4/c1-3-37-23-12-9-17(13-24(23)36-2)27-26-25(19(14-32)28(33)39-29(26)35-34-27)16-7-10-18(11-8-16)38-15-20-21(30)5-4-6-22(20)31/h4-13,25H,3,15,33H2,1-2H3,(H,34,35)/t25-/m0/s1. The molecule has 3 aromatic carbocycles. The summed E-state index contributed by atoms with van der Waals surface area (Å²) >= 11 is 6.11. The van der Waals surface area contributed by atoms with Gasteiger partial charge in [-0.15, -0.1) is 5.10 Å². The Kier molecular flexibility index (Phi) is 7.30. The molecule has 0 saturated carbocycles. The van der Waals surface area contributed by atoms with Gasteiger partial charge in [-0.2, -0.15) is 5.26 Å². The second-order valence-electron chi connectivity index (χ2n) is 8.60. The largest absolute Gasteiger partial charge is 0.493 e. The summed E-state index contributed by atoms with van der Waals surface area (Å²) in [6.07, 6.45) is 0. The van der Waals surface area contributed by atoms with Gasteiger partial charge in [0.2, 0.25) is 11.8 Å². The lowest BCUT2D eigenvalue weighted by molar-refractivity contribution is 0.300. The smallest absolute Gasteiger partial charge is 0.244 e. The molecule has 10 heteroatoms. The first kappa shape index (κ1) is 25.9. The highest BCUT2D eigenvalue weighted by atomic mass is 35.5. The Morgan fingerprint density at radius 1 is 1.13 bits per heavy atom. The summed E-state index contributed by atoms with van der Waals surface area (Å²) in [5.74, 6) is 0.911. The van der Waals surface area contributed by atoms with Gasteiger partial charge in [0.1, 0.15) is 29.8 Å². The zero-order valence-corrected chi connectivity index (χ0v) is 21.9. The number of aromatic amines is 1. The van der Waals surface area contributed by atoms with Crippen molar-refractivity contribution in [3.8, 4) is 40.5 Å². The molecule has 1 aromatic heterocycles. The number of aromatic nitrogens is 2. The van der Waals surface area contributed by atoms with E-state index in [1.807, 2.05) is 37.3 Å². The molecule has 0 saturated heterocycles. The monoisotopic (exact) mass is 546 g/mol. The van der Waals surface area contributed by atoms with E-state index >= 15 is 0 Å². The number of allylic oxidation sites excluding steroid dienone is 1. The third-order valence-electron chi connectivity index (χ3n) is 6.35. The van der Waals surface area contributed by atoms with Gasteiger partial charge < -0.3 is 24.7 Å². The molecule has 39 heavy (non-hydrogen) atoms. The number of nitriles is 1. The maximum absolute atomic E-state index is 14.1. The fraction of sp³-hybridized carbons (Fsp3) is 0.172. The number of halogens is 2. The van der Waals surface area contributed by atoms with E-state index in [4.69, 9.17) is 36.3 Å². The molecule has 198 valence electrons. The number of nitrogens with one attached hydrogen (secondary N) is 1. The summed E-state index contributed by atoms with van der Waals surface area (Å²) in [6, 6.07) is 19.3. The van der Waals surface area contributed by atoms with Crippen molar-refractivity contribution in [2.75, 3.05) is 13.7 Å². The molecule has 4 aromatic rings. The highest BCUT2D eigenvalue weighted by Gasteiger charge is 2.35. The van der Waals surface area contributed by atoms with E-state index in [2.05, 4.69) is 16.3 Å². The van der Waals surface area contributed by atoms with Crippen LogP contribution < -0.4 is 24.7 Å². The van der Waals surface area contributed by atoms with Crippen molar-refractivity contribution < 1.29 is 23.3 Å². The van der Waals surface area contributed by atoms with Crippen LogP contribution in [-0.2, 0) is 6.61 Å². The minimum absolute atomic E-state index is 0.0214. The minimum atomic E-state index is -0.569. The van der Waals surface area contributed by atoms with Crippen LogP contribution in [0.3, 0.4) is 0 Å². The number of hydrogen-bond acceptors (Lipinski definition) is 7. The molecular formula is C29H24ClFN4O4. The van der Waals surface area contributed by atoms with Crippen molar-refractivity contribution in [1.29, 1.82) is 5.26 Å². The summed E-state index contributed by atoms with van der Waals surface area (Å²) in [6.45, 7) is 2.36. The molecule has 1 aliphatic rings. The molecule has 0 bridgehead atoms. The van der Waals surface area contributed by atoms with Gasteiger partial charge in [-0.05, 0) is 55.0 Å². The van der Waals surface area contributed by atoms with Crippen LogP contribution in [0.15, 0.2) is 72.1 Å². The molecule has 3 N–H and O–H groups in total. The molecule has 0 amide bonds. The number of nitrogens with two attached hydrogens (primary N) is 1. The van der Waals surface area contributed by atoms with Gasteiger partial charge in [-0.25, -0.2) is 4.39 Å². The van der Waals surface area contributed by atoms with Crippen LogP contribution in [0.4, 0.5) is 4.39 Å². The number of fused-ring (bicyclic) bond motifs is 1. The predicted molar refractivity (Wildman–Crippen MR) is 143 cm³/mol. The quantitative estimate of drug-likeness (QED) is 0.275. The van der Waals surface area contributed by atoms with Crippen molar-refractivity contribution in [1.82, 2.24) is 10.2 Å². The first-order valence-electron chi connectivity index (χ1n) is 12.1. The lowest BCUT2D eigenvalue weighted by atomic mass is 9.83. The summed E-state index contributed by atoms with van der Waals surface area (Å²) < 4.78 is 36.8. The van der Waals surface area contributed by atoms with Gasteiger partial charge in [-0.3, -0.25) is 5.10 Å². The highest BCUT2D eigenvalue weighted by molar-refractivity contribution is 6.31. The Morgan fingerprint density at radius 2 is 1.92 bits per heavy atom. The maximum Gasteiger partial charge on any atom is 0.244 e. The van der Waals surface area contributed by atoms with Crippen molar-refractivity contribution >= 4 is 11.6 Å². The van der Waals surface area contributed by atoms with E-state index in [1.165, 1.54) is 12.1 Å². The third kappa shape index (κ3) is 4.94. The zero-order valence-electron chi connectivity index (χ0n) is 21.1. The van der Waals surface area contributed by atoms with Gasteiger partial charge in [-0.1, -0.05) is 29.8 Å². The van der Waals surface area contributed by atoms with E-state index in [-0.39, 0.29) is 29.5 Å². The van der Waals surface area contributed by atoms with Crippen molar-refractivity contribution in [2.24, 2.45) is 5.73 Å². The fourth-order valence-electron chi connectivity index (χ4n) is 4.48. The number of rotatable bonds is 8. The van der Waals surface area contributed by atoms with Gasteiger partial charge in [0.25, 0.3) is 0 Å². The van der Waals surface area contributed by atoms with E-state index in [1.54, 1.807) is 25.3 Å². The molecule has 5 rings (SSSR count). The number of H-pyrrole nitrogens is 1. The molecule has 2 heterocycles. The number of methoxy groups -OCH3 is 1. The molecule has 0 unspecified atom stereocenters. The fourth-order valence-corrected chi connectivity index (χ4v) is 4.70. The van der Waals surface area contributed by atoms with Gasteiger partial charge in [0.05, 0.1) is 35.9 Å². The van der Waals surface area contributed by atoms with E-state index in [0.29, 0.717) is 40.1 Å². The van der Waals surface area contributed by atoms with Gasteiger partial charge in [0.15, 0.2) is 11.5 Å². The second-order valence-corrected chi connectivity index (χ2v) is 9.01. The van der Waals surface area contributed by atoms with E-state index in [0.717, 1.165) is 11.1 Å². The minimum Gasteiger partial charge on any atom is -0.493 e. The molecule has 0 fully saturated rings. The summed E-state index contributed by atoms with van der Waals surface area (Å²) in [5.41, 5.74) is 9.46. The third-order valence-corrected chi connectivity index (χ3v) is 6.70. The lowest BCUT2D eigenvalue weighted by Gasteiger charge is -2.24. The summed E-state index contributed by atoms with van der Waals surface area (Å²) in [4.78, 5) is 0. The van der Waals surface area contributed by atoms with Crippen LogP contribution in [0.2, 0.25) is 5.02 Å².